The van der Waals surface area contributed by atoms with Crippen LogP contribution in [0.15, 0.2) is 24.3 Å². The van der Waals surface area contributed by atoms with Crippen molar-refractivity contribution in [2.75, 3.05) is 59.5 Å². The molecule has 0 aromatic heterocycles. The van der Waals surface area contributed by atoms with E-state index in [0.717, 1.165) is 98.3 Å². The van der Waals surface area contributed by atoms with Gasteiger partial charge in [-0.05, 0) is 44.9 Å². The number of unbranched alkanes of at least 4 members (excludes halogenated alkanes) is 30. The lowest BCUT2D eigenvalue weighted by Gasteiger charge is -2.51. The van der Waals surface area contributed by atoms with Gasteiger partial charge in [-0.2, -0.15) is 0 Å². The number of rotatable bonds is 67. The van der Waals surface area contributed by atoms with Crippen molar-refractivity contribution < 1.29 is 212 Å². The van der Waals surface area contributed by atoms with E-state index in [1.165, 1.54) is 128 Å². The van der Waals surface area contributed by atoms with Gasteiger partial charge in [-0.15, -0.1) is 0 Å². The second-order valence-corrected chi connectivity index (χ2v) is 40.2. The normalized spacial score (nSPS) is 37.3. The topological polar surface area (TPSA) is 738 Å². The molecule has 8 rings (SSSR count). The Morgan fingerprint density at radius 2 is 0.547 bits per heavy atom. The first kappa shape index (κ1) is 128. The van der Waals surface area contributed by atoms with Gasteiger partial charge in [-0.3, -0.25) is 24.0 Å². The van der Waals surface area contributed by atoms with Gasteiger partial charge in [0.1, 0.15) is 195 Å². The van der Waals surface area contributed by atoms with Crippen molar-refractivity contribution >= 4 is 29.5 Å². The van der Waals surface area contributed by atoms with Crippen LogP contribution in [0.3, 0.4) is 0 Å². The first-order chi connectivity index (χ1) is 71.0. The summed E-state index contributed by atoms with van der Waals surface area (Å²) in [5.74, 6) is -4.00. The fourth-order valence-electron chi connectivity index (χ4n) is 19.9. The summed E-state index contributed by atoms with van der Waals surface area (Å²) in [6.45, 7) is -0.703. The van der Waals surface area contributed by atoms with Crippen LogP contribution in [0.1, 0.15) is 260 Å². The number of hydrogen-bond acceptors (Lipinski definition) is 43. The van der Waals surface area contributed by atoms with E-state index in [4.69, 9.17) is 75.8 Å². The van der Waals surface area contributed by atoms with E-state index in [2.05, 4.69) is 52.6 Å². The van der Waals surface area contributed by atoms with Gasteiger partial charge in [0.15, 0.2) is 50.3 Å². The highest BCUT2D eigenvalue weighted by atomic mass is 16.8. The fraction of sp³-hybridized carbons (Fsp3) is 0.910. The third-order valence-corrected chi connectivity index (χ3v) is 28.4. The minimum atomic E-state index is -2.54. The molecule has 0 aromatic carbocycles. The molecule has 5 amide bonds. The standard InChI is InChI=1S/C100H177N5O43/c1-7-9-11-13-15-17-19-21-22-23-24-25-26-27-28-29-30-32-34-36-38-40-42-44-68(118)105-58(59(117)43-41-39-37-35-33-31-20-18-16-14-12-10-8-2)52-133-97-83(129)82(128)87(66(51-112)141-97)143-98-84(130)91(78(124)64(49-110)139-98)147-95-72(104-57(6)116)89(76(122)63(48-109)137-95)145-100-86(132)92(79(125)67(142-100)53-134-93-69(101-54(3)113)80(126)73(119)60(45-106)135-93)148-96-71(103-56(5)115)88(75(121)62(47-108)138-96)144-99-85(131)90(77(123)65(50-111)140-99)146-94-70(102-55(4)114)81(127)74(120)61(46-107)136-94/h21-22,41,43,58-67,69-100,106-112,117,119-132H,7-20,23-40,42,44-53H2,1-6H3,(H,101,113)(H,102,114)(H,103,115)(H,104,116)(H,105,118)/b22-21-,43-41+/t58-,59+,60?,61?,62?,63?,64?,65?,66?,67?,69?,70?,71?,72?,73+,74-,75+,76+,77-,78-,79-,80+,81+,82+,83?,84?,85?,86?,87+,88+,89+,90-,91-,92-,93+,94+,95-,96-,97+,98-,99-,100-/m0/s1. The van der Waals surface area contributed by atoms with Gasteiger partial charge in [0.2, 0.25) is 29.5 Å². The second kappa shape index (κ2) is 68.1. The average Bonchev–Trinajstić information content (AvgIpc) is 0.766. The molecule has 0 spiro atoms. The summed E-state index contributed by atoms with van der Waals surface area (Å²) in [4.78, 5) is 65.9. The smallest absolute Gasteiger partial charge is 0.220 e. The average molecular weight is 2140 g/mol. The Labute approximate surface area is 865 Å². The van der Waals surface area contributed by atoms with E-state index < -0.39 is 341 Å². The van der Waals surface area contributed by atoms with Crippen LogP contribution in [-0.2, 0) is 99.8 Å². The minimum absolute atomic E-state index is 0.130. The van der Waals surface area contributed by atoms with Gasteiger partial charge in [0, 0.05) is 34.1 Å². The third kappa shape index (κ3) is 38.9. The van der Waals surface area contributed by atoms with Gasteiger partial charge in [-0.1, -0.05) is 205 Å². The summed E-state index contributed by atoms with van der Waals surface area (Å²) in [5, 5.41) is 265. The van der Waals surface area contributed by atoms with Crippen LogP contribution in [0.5, 0.6) is 0 Å². The predicted octanol–water partition coefficient (Wildman–Crippen LogP) is -3.59. The molecule has 48 heteroatoms. The van der Waals surface area contributed by atoms with Crippen molar-refractivity contribution in [3.05, 3.63) is 24.3 Å². The van der Waals surface area contributed by atoms with E-state index in [9.17, 15) is 136 Å². The molecule has 0 aromatic rings. The highest BCUT2D eigenvalue weighted by Crippen LogP contribution is 2.41. The van der Waals surface area contributed by atoms with E-state index in [1.807, 2.05) is 6.08 Å². The molecule has 8 fully saturated rings. The second-order valence-electron chi connectivity index (χ2n) is 40.2. The zero-order valence-corrected chi connectivity index (χ0v) is 86.4. The monoisotopic (exact) mass is 2140 g/mol. The van der Waals surface area contributed by atoms with Crippen LogP contribution in [0.4, 0.5) is 0 Å². The summed E-state index contributed by atoms with van der Waals surface area (Å²) in [5.41, 5.74) is 0. The Morgan fingerprint density at radius 1 is 0.270 bits per heavy atom. The Hall–Kier alpha value is -4.69. The first-order valence-electron chi connectivity index (χ1n) is 53.6. The molecule has 27 N–H and O–H groups in total. The molecule has 0 radical (unpaired) electrons. The number of allylic oxidation sites excluding steroid dienone is 3. The lowest BCUT2D eigenvalue weighted by molar-refractivity contribution is -0.389. The van der Waals surface area contributed by atoms with E-state index >= 15 is 0 Å². The molecule has 16 unspecified atom stereocenters. The number of carbonyl (C=O) groups is 5. The molecule has 8 aliphatic heterocycles. The van der Waals surface area contributed by atoms with Crippen LogP contribution in [0.2, 0.25) is 0 Å². The number of nitrogens with one attached hydrogen (secondary N) is 5. The van der Waals surface area contributed by atoms with Gasteiger partial charge < -0.3 is 215 Å². The van der Waals surface area contributed by atoms with Gasteiger partial charge in [0.05, 0.1) is 71.6 Å². The first-order valence-corrected chi connectivity index (χ1v) is 53.6. The molecule has 860 valence electrons. The van der Waals surface area contributed by atoms with Crippen molar-refractivity contribution in [1.29, 1.82) is 0 Å². The van der Waals surface area contributed by atoms with Gasteiger partial charge >= 0.3 is 0 Å². The van der Waals surface area contributed by atoms with Crippen molar-refractivity contribution in [3.8, 4) is 0 Å². The Morgan fingerprint density at radius 3 is 0.912 bits per heavy atom. The SMILES string of the molecule is CCCCCCCC/C=C\CCCCCCCCCCCCCCCC(=O)N[C@@H](CO[C@@H]1OC(CO)[C@@H](O[C@@H]2OC(CO)[C@H](O)[C@H](O[C@@H]3OC(CO)[C@@H](O)[C@H](O[C@@H]4OC(CO[C@@H]5OC(CO)[C@@H](O)[C@H](O)C5NC(C)=O)[C@H](O)[C@H](O[C@@H]5OC(CO)[C@@H](O)[C@H](O[C@@H]6OC(CO)[C@H](O)[C@H](O[C@H]7OC(CO)[C@H](O)[C@H](O)C7NC(C)=O)C6O)C5NC(C)=O)C4O)C3NC(C)=O)C2O)[C@H](O)C1O)[C@H](O)/C=C/CCCCCCCCCCCCC. The maximum absolute atomic E-state index is 13.8. The van der Waals surface area contributed by atoms with E-state index in [1.54, 1.807) is 6.08 Å². The summed E-state index contributed by atoms with van der Waals surface area (Å²) in [7, 11) is 0. The van der Waals surface area contributed by atoms with Crippen LogP contribution in [-0.4, -0.2) is 459 Å². The molecule has 0 bridgehead atoms. The largest absolute Gasteiger partial charge is 0.394 e. The van der Waals surface area contributed by atoms with Gasteiger partial charge in [-0.25, -0.2) is 0 Å². The maximum atomic E-state index is 13.8. The van der Waals surface area contributed by atoms with Crippen LogP contribution < -0.4 is 26.6 Å². The summed E-state index contributed by atoms with van der Waals surface area (Å²) >= 11 is 0. The fourth-order valence-corrected chi connectivity index (χ4v) is 19.9. The summed E-state index contributed by atoms with van der Waals surface area (Å²) < 4.78 is 97.0. The number of carbonyl (C=O) groups excluding carboxylic acids is 5. The Kier molecular flexibility index (Phi) is 59.1. The Bertz CT molecular complexity index is 3740. The van der Waals surface area contributed by atoms with Crippen LogP contribution in [0, 0.1) is 0 Å². The summed E-state index contributed by atoms with van der Waals surface area (Å²) in [6, 6.07) is -8.57. The number of ether oxygens (including phenoxy) is 16. The molecule has 148 heavy (non-hydrogen) atoms. The molecule has 0 saturated carbocycles. The molecule has 0 aliphatic carbocycles. The molecule has 8 aliphatic rings. The number of hydrogen-bond donors (Lipinski definition) is 27. The van der Waals surface area contributed by atoms with Crippen molar-refractivity contribution in [1.82, 2.24) is 26.6 Å². The summed E-state index contributed by atoms with van der Waals surface area (Å²) in [6.07, 6.45) is -29.9. The molecule has 48 nitrogen and oxygen atoms in total. The molecular weight excluding hydrogens is 1960 g/mol. The molecule has 8 heterocycles. The number of amides is 5. The van der Waals surface area contributed by atoms with Crippen molar-refractivity contribution in [2.45, 2.75) is 517 Å². The van der Waals surface area contributed by atoms with E-state index in [0.29, 0.717) is 12.8 Å². The maximum Gasteiger partial charge on any atom is 0.220 e. The minimum Gasteiger partial charge on any atom is -0.394 e. The highest BCUT2D eigenvalue weighted by molar-refractivity contribution is 5.76. The predicted molar refractivity (Wildman–Crippen MR) is 519 cm³/mol. The lowest BCUT2D eigenvalue weighted by Crippen LogP contribution is -2.71. The number of aliphatic hydroxyl groups excluding tert-OH is 22. The zero-order chi connectivity index (χ0) is 108. The third-order valence-electron chi connectivity index (χ3n) is 28.4. The molecule has 8 saturated heterocycles. The van der Waals surface area contributed by atoms with Crippen LogP contribution >= 0.6 is 0 Å². The quantitative estimate of drug-likeness (QED) is 0.0207. The molecular formula is C100H177N5O43. The number of aliphatic hydroxyl groups is 22. The van der Waals surface area contributed by atoms with Crippen molar-refractivity contribution in [3.63, 3.8) is 0 Å². The zero-order valence-electron chi connectivity index (χ0n) is 86.4. The van der Waals surface area contributed by atoms with Crippen molar-refractivity contribution in [2.24, 2.45) is 0 Å². The Balaban J connectivity index is 0.977. The lowest BCUT2D eigenvalue weighted by atomic mass is 9.93. The molecule has 42 atom stereocenters. The van der Waals surface area contributed by atoms with E-state index in [-0.39, 0.29) is 12.3 Å². The van der Waals surface area contributed by atoms with Gasteiger partial charge in [0.25, 0.3) is 0 Å². The highest BCUT2D eigenvalue weighted by Gasteiger charge is 2.61. The van der Waals surface area contributed by atoms with Crippen LogP contribution in [0.25, 0.3) is 0 Å².